The van der Waals surface area contributed by atoms with Crippen LogP contribution in [-0.2, 0) is 0 Å². The summed E-state index contributed by atoms with van der Waals surface area (Å²) in [6.07, 6.45) is 0. The Bertz CT molecular complexity index is 626. The van der Waals surface area contributed by atoms with Gasteiger partial charge in [0.05, 0.1) is 11.3 Å². The molecule has 0 saturated heterocycles. The molecule has 19 heavy (non-hydrogen) atoms. The standard InChI is InChI=1S/C16H17N3/c1-11-5-3-4-6-15(11)12(2)19-16-8-7-14(18)9-13(16)10-17/h3-9,12,19H,18H2,1-2H3. The fourth-order valence-electron chi connectivity index (χ4n) is 2.16. The molecule has 1 atom stereocenters. The van der Waals surface area contributed by atoms with Crippen molar-refractivity contribution < 1.29 is 0 Å². The number of benzene rings is 2. The Balaban J connectivity index is 2.27. The van der Waals surface area contributed by atoms with Gasteiger partial charge in [-0.3, -0.25) is 0 Å². The Kier molecular flexibility index (Phi) is 3.72. The van der Waals surface area contributed by atoms with E-state index in [0.717, 1.165) is 5.69 Å². The van der Waals surface area contributed by atoms with E-state index < -0.39 is 0 Å². The second-order valence-electron chi connectivity index (χ2n) is 4.64. The number of anilines is 2. The first-order chi connectivity index (χ1) is 9.11. The van der Waals surface area contributed by atoms with Crippen molar-refractivity contribution in [1.82, 2.24) is 0 Å². The molecule has 3 N–H and O–H groups in total. The maximum atomic E-state index is 9.14. The Morgan fingerprint density at radius 3 is 2.63 bits per heavy atom. The normalized spacial score (nSPS) is 11.6. The molecule has 3 heteroatoms. The number of nitrogens with zero attached hydrogens (tertiary/aromatic N) is 1. The molecule has 0 bridgehead atoms. The number of hydrogen-bond donors (Lipinski definition) is 2. The van der Waals surface area contributed by atoms with E-state index in [-0.39, 0.29) is 6.04 Å². The van der Waals surface area contributed by atoms with Crippen LogP contribution in [0.15, 0.2) is 42.5 Å². The zero-order valence-electron chi connectivity index (χ0n) is 11.1. The van der Waals surface area contributed by atoms with Crippen molar-refractivity contribution in [3.63, 3.8) is 0 Å². The van der Waals surface area contributed by atoms with Gasteiger partial charge in [-0.15, -0.1) is 0 Å². The van der Waals surface area contributed by atoms with Gasteiger partial charge in [-0.1, -0.05) is 24.3 Å². The van der Waals surface area contributed by atoms with Crippen LogP contribution < -0.4 is 11.1 Å². The highest BCUT2D eigenvalue weighted by Gasteiger charge is 2.10. The molecule has 0 heterocycles. The van der Waals surface area contributed by atoms with Crippen molar-refractivity contribution in [2.45, 2.75) is 19.9 Å². The van der Waals surface area contributed by atoms with Gasteiger partial charge >= 0.3 is 0 Å². The first-order valence-electron chi connectivity index (χ1n) is 6.23. The van der Waals surface area contributed by atoms with E-state index in [0.29, 0.717) is 11.3 Å². The Morgan fingerprint density at radius 2 is 1.95 bits per heavy atom. The lowest BCUT2D eigenvalue weighted by Gasteiger charge is -2.18. The van der Waals surface area contributed by atoms with Crippen molar-refractivity contribution in [2.75, 3.05) is 11.1 Å². The van der Waals surface area contributed by atoms with Crippen molar-refractivity contribution in [2.24, 2.45) is 0 Å². The van der Waals surface area contributed by atoms with E-state index in [1.165, 1.54) is 11.1 Å². The van der Waals surface area contributed by atoms with Gasteiger partial charge in [-0.05, 0) is 43.2 Å². The van der Waals surface area contributed by atoms with Gasteiger partial charge in [0.2, 0.25) is 0 Å². The molecule has 0 aliphatic rings. The predicted molar refractivity (Wildman–Crippen MR) is 78.8 cm³/mol. The largest absolute Gasteiger partial charge is 0.399 e. The Hall–Kier alpha value is -2.47. The van der Waals surface area contributed by atoms with E-state index in [1.807, 2.05) is 18.2 Å². The van der Waals surface area contributed by atoms with Gasteiger partial charge in [0.15, 0.2) is 0 Å². The van der Waals surface area contributed by atoms with Crippen LogP contribution in [0.2, 0.25) is 0 Å². The molecule has 96 valence electrons. The lowest BCUT2D eigenvalue weighted by molar-refractivity contribution is 0.873. The minimum absolute atomic E-state index is 0.136. The van der Waals surface area contributed by atoms with E-state index in [9.17, 15) is 0 Å². The number of rotatable bonds is 3. The second-order valence-corrected chi connectivity index (χ2v) is 4.64. The van der Waals surface area contributed by atoms with Crippen LogP contribution in [0, 0.1) is 18.3 Å². The summed E-state index contributed by atoms with van der Waals surface area (Å²) in [5.74, 6) is 0. The summed E-state index contributed by atoms with van der Waals surface area (Å²) in [4.78, 5) is 0. The highest BCUT2D eigenvalue weighted by molar-refractivity contribution is 5.63. The second kappa shape index (κ2) is 5.45. The summed E-state index contributed by atoms with van der Waals surface area (Å²) in [6.45, 7) is 4.17. The molecule has 0 spiro atoms. The van der Waals surface area contributed by atoms with Gasteiger partial charge in [0.25, 0.3) is 0 Å². The molecule has 2 aromatic rings. The number of aryl methyl sites for hydroxylation is 1. The predicted octanol–water partition coefficient (Wildman–Crippen LogP) is 3.62. The third-order valence-corrected chi connectivity index (χ3v) is 3.19. The summed E-state index contributed by atoms with van der Waals surface area (Å²) in [5.41, 5.74) is 10.1. The lowest BCUT2D eigenvalue weighted by atomic mass is 10.0. The van der Waals surface area contributed by atoms with Gasteiger partial charge in [0.1, 0.15) is 6.07 Å². The molecule has 0 fully saturated rings. The third-order valence-electron chi connectivity index (χ3n) is 3.19. The molecule has 3 nitrogen and oxygen atoms in total. The smallest absolute Gasteiger partial charge is 0.101 e. The van der Waals surface area contributed by atoms with Crippen LogP contribution in [0.3, 0.4) is 0 Å². The summed E-state index contributed by atoms with van der Waals surface area (Å²) >= 11 is 0. The first kappa shape index (κ1) is 13.0. The highest BCUT2D eigenvalue weighted by Crippen LogP contribution is 2.25. The van der Waals surface area contributed by atoms with Gasteiger partial charge in [0, 0.05) is 11.7 Å². The monoisotopic (exact) mass is 251 g/mol. The molecular formula is C16H17N3. The van der Waals surface area contributed by atoms with Crippen LogP contribution in [0.1, 0.15) is 29.7 Å². The Labute approximate surface area is 113 Å². The molecular weight excluding hydrogens is 234 g/mol. The fraction of sp³-hybridized carbons (Fsp3) is 0.188. The first-order valence-corrected chi connectivity index (χ1v) is 6.23. The van der Waals surface area contributed by atoms with Crippen molar-refractivity contribution in [1.29, 1.82) is 5.26 Å². The van der Waals surface area contributed by atoms with Gasteiger partial charge in [-0.2, -0.15) is 5.26 Å². The van der Waals surface area contributed by atoms with E-state index in [4.69, 9.17) is 11.0 Å². The van der Waals surface area contributed by atoms with Crippen LogP contribution in [0.4, 0.5) is 11.4 Å². The lowest BCUT2D eigenvalue weighted by Crippen LogP contribution is -2.09. The van der Waals surface area contributed by atoms with Crippen LogP contribution >= 0.6 is 0 Å². The third kappa shape index (κ3) is 2.86. The quantitative estimate of drug-likeness (QED) is 0.819. The maximum Gasteiger partial charge on any atom is 0.101 e. The molecule has 0 radical (unpaired) electrons. The van der Waals surface area contributed by atoms with Crippen molar-refractivity contribution in [3.05, 3.63) is 59.2 Å². The maximum absolute atomic E-state index is 9.14. The summed E-state index contributed by atoms with van der Waals surface area (Å²) < 4.78 is 0. The van der Waals surface area contributed by atoms with Crippen LogP contribution in [-0.4, -0.2) is 0 Å². The molecule has 0 aromatic heterocycles. The zero-order valence-corrected chi connectivity index (χ0v) is 11.1. The number of hydrogen-bond acceptors (Lipinski definition) is 3. The fourth-order valence-corrected chi connectivity index (χ4v) is 2.16. The molecule has 1 unspecified atom stereocenters. The summed E-state index contributed by atoms with van der Waals surface area (Å²) in [7, 11) is 0. The average molecular weight is 251 g/mol. The Morgan fingerprint density at radius 1 is 1.21 bits per heavy atom. The molecule has 0 aliphatic carbocycles. The van der Waals surface area contributed by atoms with Crippen molar-refractivity contribution >= 4 is 11.4 Å². The molecule has 2 rings (SSSR count). The summed E-state index contributed by atoms with van der Waals surface area (Å²) in [5, 5.41) is 12.5. The number of nitrogen functional groups attached to an aromatic ring is 1. The van der Waals surface area contributed by atoms with E-state index in [2.05, 4.69) is 37.4 Å². The highest BCUT2D eigenvalue weighted by atomic mass is 14.9. The van der Waals surface area contributed by atoms with E-state index >= 15 is 0 Å². The minimum atomic E-state index is 0.136. The average Bonchev–Trinajstić information content (AvgIpc) is 2.41. The zero-order chi connectivity index (χ0) is 13.8. The molecule has 2 aromatic carbocycles. The molecule has 0 aliphatic heterocycles. The van der Waals surface area contributed by atoms with Crippen LogP contribution in [0.25, 0.3) is 0 Å². The summed E-state index contributed by atoms with van der Waals surface area (Å²) in [6, 6.07) is 15.9. The van der Waals surface area contributed by atoms with Crippen LogP contribution in [0.5, 0.6) is 0 Å². The van der Waals surface area contributed by atoms with Gasteiger partial charge in [-0.25, -0.2) is 0 Å². The number of nitrogens with one attached hydrogen (secondary N) is 1. The van der Waals surface area contributed by atoms with Crippen molar-refractivity contribution in [3.8, 4) is 6.07 Å². The topological polar surface area (TPSA) is 61.8 Å². The van der Waals surface area contributed by atoms with E-state index in [1.54, 1.807) is 12.1 Å². The van der Waals surface area contributed by atoms with Gasteiger partial charge < -0.3 is 11.1 Å². The molecule has 0 amide bonds. The molecule has 0 saturated carbocycles. The SMILES string of the molecule is Cc1ccccc1C(C)Nc1ccc(N)cc1C#N. The number of nitriles is 1. The minimum Gasteiger partial charge on any atom is -0.399 e. The number of nitrogens with two attached hydrogens (primary N) is 1.